The Morgan fingerprint density at radius 3 is 2.83 bits per heavy atom. The Kier molecular flexibility index (Phi) is 4.54. The molecule has 1 heterocycles. The molecule has 0 atom stereocenters. The molecule has 0 spiro atoms. The fraction of sp³-hybridized carbons (Fsp3) is 0.364. The van der Waals surface area contributed by atoms with Crippen LogP contribution in [0.3, 0.4) is 0 Å². The highest BCUT2D eigenvalue weighted by Gasteiger charge is 2.23. The van der Waals surface area contributed by atoms with Crippen molar-refractivity contribution < 1.29 is 18.3 Å². The van der Waals surface area contributed by atoms with Crippen molar-refractivity contribution in [1.29, 1.82) is 5.26 Å². The molecule has 1 rings (SSSR count). The number of nitriles is 1. The van der Waals surface area contributed by atoms with E-state index in [0.29, 0.717) is 0 Å². The fourth-order valence-corrected chi connectivity index (χ4v) is 1.46. The summed E-state index contributed by atoms with van der Waals surface area (Å²) >= 11 is 0. The summed E-state index contributed by atoms with van der Waals surface area (Å²) in [6.45, 7) is 1.73. The molecule has 2 N–H and O–H groups in total. The maximum Gasteiger partial charge on any atom is 0.310 e. The number of rotatable bonds is 4. The molecule has 0 aliphatic rings. The molecule has 18 heavy (non-hydrogen) atoms. The van der Waals surface area contributed by atoms with E-state index < -0.39 is 24.4 Å². The van der Waals surface area contributed by atoms with Crippen LogP contribution in [0.15, 0.2) is 6.20 Å². The number of alkyl halides is 2. The number of carbonyl (C=O) groups is 1. The minimum absolute atomic E-state index is 0.133. The molecule has 7 heteroatoms. The van der Waals surface area contributed by atoms with E-state index in [-0.39, 0.29) is 23.6 Å². The Labute approximate surface area is 102 Å². The smallest absolute Gasteiger partial charge is 0.310 e. The zero-order valence-corrected chi connectivity index (χ0v) is 9.61. The van der Waals surface area contributed by atoms with Crippen LogP contribution in [0.4, 0.5) is 14.6 Å². The third-order valence-electron chi connectivity index (χ3n) is 2.22. The van der Waals surface area contributed by atoms with Crippen LogP contribution in [-0.2, 0) is 16.0 Å². The highest BCUT2D eigenvalue weighted by atomic mass is 19.3. The summed E-state index contributed by atoms with van der Waals surface area (Å²) in [6, 6.07) is 1.60. The zero-order chi connectivity index (χ0) is 13.7. The SMILES string of the molecule is CCOC(=O)Cc1c(N)ncc(C#N)c1C(F)F. The largest absolute Gasteiger partial charge is 0.466 e. The number of nitrogen functional groups attached to an aromatic ring is 1. The summed E-state index contributed by atoms with van der Waals surface area (Å²) in [6.07, 6.45) is -2.37. The number of aromatic nitrogens is 1. The highest BCUT2D eigenvalue weighted by molar-refractivity contribution is 5.75. The minimum Gasteiger partial charge on any atom is -0.466 e. The first-order chi connectivity index (χ1) is 8.51. The van der Waals surface area contributed by atoms with Crippen LogP contribution >= 0.6 is 0 Å². The van der Waals surface area contributed by atoms with E-state index in [1.54, 1.807) is 13.0 Å². The molecule has 96 valence electrons. The first-order valence-electron chi connectivity index (χ1n) is 5.12. The Morgan fingerprint density at radius 1 is 1.67 bits per heavy atom. The number of hydrogen-bond acceptors (Lipinski definition) is 5. The average molecular weight is 255 g/mol. The number of ether oxygens (including phenoxy) is 1. The molecule has 1 aromatic rings. The third-order valence-corrected chi connectivity index (χ3v) is 2.22. The van der Waals surface area contributed by atoms with E-state index in [4.69, 9.17) is 11.0 Å². The van der Waals surface area contributed by atoms with Gasteiger partial charge in [-0.25, -0.2) is 13.8 Å². The predicted molar refractivity (Wildman–Crippen MR) is 58.7 cm³/mol. The fourth-order valence-electron chi connectivity index (χ4n) is 1.46. The van der Waals surface area contributed by atoms with Gasteiger partial charge in [0.25, 0.3) is 6.43 Å². The van der Waals surface area contributed by atoms with Crippen LogP contribution < -0.4 is 5.73 Å². The van der Waals surface area contributed by atoms with Gasteiger partial charge in [-0.05, 0) is 6.92 Å². The van der Waals surface area contributed by atoms with E-state index in [2.05, 4.69) is 9.72 Å². The Bertz CT molecular complexity index is 498. The zero-order valence-electron chi connectivity index (χ0n) is 9.61. The number of pyridine rings is 1. The van der Waals surface area contributed by atoms with Crippen molar-refractivity contribution in [3.8, 4) is 6.07 Å². The summed E-state index contributed by atoms with van der Waals surface area (Å²) in [5.41, 5.74) is 4.46. The molecular weight excluding hydrogens is 244 g/mol. The second-order valence-electron chi connectivity index (χ2n) is 3.34. The lowest BCUT2D eigenvalue weighted by Gasteiger charge is -2.11. The van der Waals surface area contributed by atoms with E-state index >= 15 is 0 Å². The summed E-state index contributed by atoms with van der Waals surface area (Å²) in [5.74, 6) is -0.889. The Morgan fingerprint density at radius 2 is 2.33 bits per heavy atom. The highest BCUT2D eigenvalue weighted by Crippen LogP contribution is 2.29. The average Bonchev–Trinajstić information content (AvgIpc) is 2.31. The molecule has 0 aromatic carbocycles. The summed E-state index contributed by atoms with van der Waals surface area (Å²) in [5, 5.41) is 8.74. The van der Waals surface area contributed by atoms with Crippen LogP contribution in [0.1, 0.15) is 30.0 Å². The third kappa shape index (κ3) is 2.91. The van der Waals surface area contributed by atoms with Gasteiger partial charge in [-0.2, -0.15) is 5.26 Å². The summed E-state index contributed by atoms with van der Waals surface area (Å²) < 4.78 is 30.5. The second-order valence-corrected chi connectivity index (χ2v) is 3.34. The van der Waals surface area contributed by atoms with Gasteiger partial charge in [0, 0.05) is 17.3 Å². The van der Waals surface area contributed by atoms with Crippen molar-refractivity contribution in [2.75, 3.05) is 12.3 Å². The van der Waals surface area contributed by atoms with Gasteiger partial charge in [-0.3, -0.25) is 4.79 Å². The van der Waals surface area contributed by atoms with Gasteiger partial charge in [0.1, 0.15) is 11.9 Å². The number of hydrogen-bond donors (Lipinski definition) is 1. The number of esters is 1. The second kappa shape index (κ2) is 5.91. The molecule has 1 aromatic heterocycles. The molecule has 5 nitrogen and oxygen atoms in total. The first-order valence-corrected chi connectivity index (χ1v) is 5.12. The molecule has 0 saturated carbocycles. The maximum atomic E-state index is 12.9. The van der Waals surface area contributed by atoms with Gasteiger partial charge in [0.15, 0.2) is 0 Å². The summed E-state index contributed by atoms with van der Waals surface area (Å²) in [7, 11) is 0. The van der Waals surface area contributed by atoms with Crippen LogP contribution in [0.5, 0.6) is 0 Å². The van der Waals surface area contributed by atoms with Crippen molar-refractivity contribution in [2.24, 2.45) is 0 Å². The molecule has 0 radical (unpaired) electrons. The molecule has 0 amide bonds. The summed E-state index contributed by atoms with van der Waals surface area (Å²) in [4.78, 5) is 14.9. The van der Waals surface area contributed by atoms with Crippen LogP contribution in [-0.4, -0.2) is 17.6 Å². The van der Waals surface area contributed by atoms with Gasteiger partial charge in [0.05, 0.1) is 18.6 Å². The van der Waals surface area contributed by atoms with E-state index in [1.807, 2.05) is 0 Å². The quantitative estimate of drug-likeness (QED) is 0.825. The predicted octanol–water partition coefficient (Wildman–Crippen LogP) is 1.58. The van der Waals surface area contributed by atoms with Gasteiger partial charge in [0.2, 0.25) is 0 Å². The topological polar surface area (TPSA) is 89.0 Å². The van der Waals surface area contributed by atoms with Gasteiger partial charge in [-0.1, -0.05) is 0 Å². The van der Waals surface area contributed by atoms with Gasteiger partial charge in [-0.15, -0.1) is 0 Å². The Hall–Kier alpha value is -2.23. The number of anilines is 1. The lowest BCUT2D eigenvalue weighted by molar-refractivity contribution is -0.142. The van der Waals surface area contributed by atoms with E-state index in [0.717, 1.165) is 6.20 Å². The number of halogens is 2. The number of carbonyl (C=O) groups excluding carboxylic acids is 1. The molecule has 0 unspecified atom stereocenters. The molecule has 0 aliphatic heterocycles. The van der Waals surface area contributed by atoms with Crippen molar-refractivity contribution in [3.05, 3.63) is 22.9 Å². The molecule has 0 saturated heterocycles. The Balaban J connectivity index is 3.24. The van der Waals surface area contributed by atoms with Gasteiger partial charge < -0.3 is 10.5 Å². The maximum absolute atomic E-state index is 12.9. The first kappa shape index (κ1) is 13.8. The normalized spacial score (nSPS) is 10.2. The van der Waals surface area contributed by atoms with Crippen LogP contribution in [0.25, 0.3) is 0 Å². The number of nitrogens with zero attached hydrogens (tertiary/aromatic N) is 2. The standard InChI is InChI=1S/C11H11F2N3O2/c1-2-18-8(17)3-7-9(10(12)13)6(4-14)5-16-11(7)15/h5,10H,2-3H2,1H3,(H2,15,16). The van der Waals surface area contributed by atoms with Crippen molar-refractivity contribution in [2.45, 2.75) is 19.8 Å². The van der Waals surface area contributed by atoms with E-state index in [1.165, 1.54) is 0 Å². The van der Waals surface area contributed by atoms with Crippen LogP contribution in [0, 0.1) is 11.3 Å². The van der Waals surface area contributed by atoms with Crippen molar-refractivity contribution in [3.63, 3.8) is 0 Å². The lowest BCUT2D eigenvalue weighted by Crippen LogP contribution is -2.13. The molecular formula is C11H11F2N3O2. The molecule has 0 fully saturated rings. The van der Waals surface area contributed by atoms with Crippen LogP contribution in [0.2, 0.25) is 0 Å². The molecule has 0 aliphatic carbocycles. The van der Waals surface area contributed by atoms with Crippen molar-refractivity contribution in [1.82, 2.24) is 4.98 Å². The monoisotopic (exact) mass is 255 g/mol. The van der Waals surface area contributed by atoms with Gasteiger partial charge >= 0.3 is 5.97 Å². The van der Waals surface area contributed by atoms with E-state index in [9.17, 15) is 13.6 Å². The van der Waals surface area contributed by atoms with Crippen molar-refractivity contribution >= 4 is 11.8 Å². The number of nitrogens with two attached hydrogens (primary N) is 1. The lowest BCUT2D eigenvalue weighted by atomic mass is 10.0. The minimum atomic E-state index is -2.91. The molecule has 0 bridgehead atoms.